The summed E-state index contributed by atoms with van der Waals surface area (Å²) in [7, 11) is 2.89. The summed E-state index contributed by atoms with van der Waals surface area (Å²) in [5.74, 6) is 0. The van der Waals surface area contributed by atoms with Gasteiger partial charge in [0.05, 0.1) is 7.11 Å². The van der Waals surface area contributed by atoms with Gasteiger partial charge in [0.15, 0.2) is 0 Å². The highest BCUT2D eigenvalue weighted by Crippen LogP contribution is 2.24. The number of anilines is 1. The Kier molecular flexibility index (Phi) is 3.61. The van der Waals surface area contributed by atoms with Crippen molar-refractivity contribution in [1.29, 1.82) is 0 Å². The molecule has 0 heterocycles. The normalized spacial score (nSPS) is 9.71. The Morgan fingerprint density at radius 1 is 1.29 bits per heavy atom. The predicted octanol–water partition coefficient (Wildman–Crippen LogP) is 3.20. The first-order valence-electron chi connectivity index (χ1n) is 3.82. The van der Waals surface area contributed by atoms with Crippen LogP contribution in [0.4, 0.5) is 10.5 Å². The second-order valence-electron chi connectivity index (χ2n) is 2.66. The number of hydrogen-bond acceptors (Lipinski definition) is 2. The fourth-order valence-electron chi connectivity index (χ4n) is 0.975. The highest BCUT2D eigenvalue weighted by Gasteiger charge is 2.11. The minimum absolute atomic E-state index is 0.469. The number of ether oxygens (including phenoxy) is 1. The topological polar surface area (TPSA) is 29.5 Å². The van der Waals surface area contributed by atoms with Gasteiger partial charge in [-0.2, -0.15) is 0 Å². The number of methoxy groups -OCH3 is 1. The maximum absolute atomic E-state index is 11.2. The molecule has 0 N–H and O–H groups in total. The summed E-state index contributed by atoms with van der Waals surface area (Å²) in [6, 6.07) is 4.85. The van der Waals surface area contributed by atoms with Crippen LogP contribution in [-0.4, -0.2) is 20.3 Å². The second-order valence-corrected chi connectivity index (χ2v) is 3.53. The number of benzene rings is 1. The van der Waals surface area contributed by atoms with Crippen molar-refractivity contribution < 1.29 is 9.53 Å². The van der Waals surface area contributed by atoms with Crippen molar-refractivity contribution in [3.05, 3.63) is 28.2 Å². The Morgan fingerprint density at radius 3 is 2.21 bits per heavy atom. The van der Waals surface area contributed by atoms with Crippen LogP contribution in [0.15, 0.2) is 18.2 Å². The maximum atomic E-state index is 11.2. The molecule has 0 unspecified atom stereocenters. The van der Waals surface area contributed by atoms with Crippen LogP contribution in [0.1, 0.15) is 0 Å². The summed E-state index contributed by atoms with van der Waals surface area (Å²) in [5, 5.41) is 0.950. The van der Waals surface area contributed by atoms with Crippen LogP contribution in [0.25, 0.3) is 0 Å². The molecular formula is C9H9Cl2NO2. The largest absolute Gasteiger partial charge is 0.452 e. The smallest absolute Gasteiger partial charge is 0.413 e. The van der Waals surface area contributed by atoms with Crippen LogP contribution in [0.2, 0.25) is 10.0 Å². The Balaban J connectivity index is 3.00. The fraction of sp³-hybridized carbons (Fsp3) is 0.222. The lowest BCUT2D eigenvalue weighted by Gasteiger charge is -2.15. The lowest BCUT2D eigenvalue weighted by atomic mass is 10.3. The van der Waals surface area contributed by atoms with Gasteiger partial charge in [0.25, 0.3) is 0 Å². The van der Waals surface area contributed by atoms with Crippen molar-refractivity contribution in [3.63, 3.8) is 0 Å². The van der Waals surface area contributed by atoms with Crippen LogP contribution in [0, 0.1) is 0 Å². The van der Waals surface area contributed by atoms with E-state index < -0.39 is 6.09 Å². The number of hydrogen-bond donors (Lipinski definition) is 0. The molecule has 0 saturated heterocycles. The number of rotatable bonds is 1. The molecule has 1 amide bonds. The molecule has 5 heteroatoms. The van der Waals surface area contributed by atoms with Gasteiger partial charge in [-0.15, -0.1) is 0 Å². The molecule has 0 atom stereocenters. The molecule has 0 bridgehead atoms. The van der Waals surface area contributed by atoms with Crippen molar-refractivity contribution >= 4 is 35.0 Å². The van der Waals surface area contributed by atoms with E-state index in [4.69, 9.17) is 23.2 Å². The third kappa shape index (κ3) is 2.53. The van der Waals surface area contributed by atoms with Gasteiger partial charge in [-0.3, -0.25) is 4.90 Å². The highest BCUT2D eigenvalue weighted by atomic mass is 35.5. The summed E-state index contributed by atoms with van der Waals surface area (Å²) in [4.78, 5) is 12.5. The Hall–Kier alpha value is -0.930. The molecule has 1 aromatic rings. The van der Waals surface area contributed by atoms with Crippen LogP contribution < -0.4 is 4.90 Å². The molecule has 0 radical (unpaired) electrons. The standard InChI is InChI=1S/C9H9Cl2NO2/c1-12(9(13)14-2)8-4-6(10)3-7(11)5-8/h3-5H,1-2H3. The van der Waals surface area contributed by atoms with Gasteiger partial charge in [-0.25, -0.2) is 4.79 Å². The summed E-state index contributed by atoms with van der Waals surface area (Å²) >= 11 is 11.6. The van der Waals surface area contributed by atoms with E-state index in [0.29, 0.717) is 15.7 Å². The van der Waals surface area contributed by atoms with Gasteiger partial charge in [0.2, 0.25) is 0 Å². The van der Waals surface area contributed by atoms with Gasteiger partial charge in [-0.05, 0) is 18.2 Å². The SMILES string of the molecule is COC(=O)N(C)c1cc(Cl)cc(Cl)c1. The van der Waals surface area contributed by atoms with Crippen LogP contribution >= 0.6 is 23.2 Å². The molecule has 0 spiro atoms. The summed E-state index contributed by atoms with van der Waals surface area (Å²) < 4.78 is 4.55. The zero-order valence-corrected chi connectivity index (χ0v) is 9.26. The van der Waals surface area contributed by atoms with Crippen molar-refractivity contribution in [1.82, 2.24) is 0 Å². The monoisotopic (exact) mass is 233 g/mol. The lowest BCUT2D eigenvalue weighted by molar-refractivity contribution is 0.180. The van der Waals surface area contributed by atoms with Gasteiger partial charge >= 0.3 is 6.09 Å². The number of amides is 1. The van der Waals surface area contributed by atoms with E-state index in [0.717, 1.165) is 0 Å². The molecule has 0 aliphatic carbocycles. The van der Waals surface area contributed by atoms with Crippen molar-refractivity contribution in [2.75, 3.05) is 19.1 Å². The summed E-state index contributed by atoms with van der Waals surface area (Å²) in [6.45, 7) is 0. The molecule has 0 fully saturated rings. The van der Waals surface area contributed by atoms with E-state index >= 15 is 0 Å². The van der Waals surface area contributed by atoms with Gasteiger partial charge in [0.1, 0.15) is 0 Å². The van der Waals surface area contributed by atoms with Crippen molar-refractivity contribution in [2.24, 2.45) is 0 Å². The number of nitrogens with zero attached hydrogens (tertiary/aromatic N) is 1. The first kappa shape index (κ1) is 11.1. The molecule has 0 aliphatic rings. The maximum Gasteiger partial charge on any atom is 0.413 e. The Labute approximate surface area is 92.2 Å². The van der Waals surface area contributed by atoms with E-state index in [9.17, 15) is 4.79 Å². The van der Waals surface area contributed by atoms with Gasteiger partial charge in [-0.1, -0.05) is 23.2 Å². The lowest BCUT2D eigenvalue weighted by Crippen LogP contribution is -2.25. The average molecular weight is 234 g/mol. The fourth-order valence-corrected chi connectivity index (χ4v) is 1.49. The molecule has 1 aromatic carbocycles. The molecule has 3 nitrogen and oxygen atoms in total. The Bertz CT molecular complexity index is 334. The van der Waals surface area contributed by atoms with Crippen molar-refractivity contribution in [3.8, 4) is 0 Å². The van der Waals surface area contributed by atoms with Crippen LogP contribution in [0.3, 0.4) is 0 Å². The first-order valence-corrected chi connectivity index (χ1v) is 4.58. The van der Waals surface area contributed by atoms with Gasteiger partial charge < -0.3 is 4.74 Å². The van der Waals surface area contributed by atoms with Crippen molar-refractivity contribution in [2.45, 2.75) is 0 Å². The zero-order valence-electron chi connectivity index (χ0n) is 7.75. The highest BCUT2D eigenvalue weighted by molar-refractivity contribution is 6.35. The molecule has 14 heavy (non-hydrogen) atoms. The minimum atomic E-state index is -0.469. The van der Waals surface area contributed by atoms with E-state index in [-0.39, 0.29) is 0 Å². The number of carbonyl (C=O) groups excluding carboxylic acids is 1. The zero-order chi connectivity index (χ0) is 10.7. The average Bonchev–Trinajstić information content (AvgIpc) is 2.14. The van der Waals surface area contributed by atoms with E-state index in [1.54, 1.807) is 25.2 Å². The van der Waals surface area contributed by atoms with E-state index in [2.05, 4.69) is 4.74 Å². The predicted molar refractivity (Wildman–Crippen MR) is 57.3 cm³/mol. The van der Waals surface area contributed by atoms with E-state index in [1.807, 2.05) is 0 Å². The minimum Gasteiger partial charge on any atom is -0.452 e. The van der Waals surface area contributed by atoms with Gasteiger partial charge in [0, 0.05) is 22.8 Å². The summed E-state index contributed by atoms with van der Waals surface area (Å²) in [6.07, 6.45) is -0.469. The molecule has 0 saturated carbocycles. The number of carbonyl (C=O) groups is 1. The molecule has 76 valence electrons. The quantitative estimate of drug-likeness (QED) is 0.746. The summed E-state index contributed by atoms with van der Waals surface area (Å²) in [5.41, 5.74) is 0.592. The van der Waals surface area contributed by atoms with Crippen LogP contribution in [0.5, 0.6) is 0 Å². The van der Waals surface area contributed by atoms with Crippen LogP contribution in [-0.2, 0) is 4.74 Å². The molecule has 0 aliphatic heterocycles. The molecule has 1 rings (SSSR count). The Morgan fingerprint density at radius 2 is 1.79 bits per heavy atom. The third-order valence-electron chi connectivity index (χ3n) is 1.68. The third-order valence-corrected chi connectivity index (χ3v) is 2.12. The molecule has 0 aromatic heterocycles. The first-order chi connectivity index (χ1) is 6.54. The van der Waals surface area contributed by atoms with E-state index in [1.165, 1.54) is 12.0 Å². The second kappa shape index (κ2) is 4.53. The number of halogens is 2. The molecular weight excluding hydrogens is 225 g/mol.